The van der Waals surface area contributed by atoms with Gasteiger partial charge in [0.15, 0.2) is 0 Å². The lowest BCUT2D eigenvalue weighted by atomic mass is 10.0. The van der Waals surface area contributed by atoms with Gasteiger partial charge in [0, 0.05) is 29.3 Å². The molecule has 0 bridgehead atoms. The number of carbonyl (C=O) groups is 4. The highest BCUT2D eigenvalue weighted by molar-refractivity contribution is 6.05. The molecule has 2 aliphatic rings. The molecule has 2 aliphatic heterocycles. The van der Waals surface area contributed by atoms with E-state index in [1.165, 1.54) is 36.3 Å². The highest BCUT2D eigenvalue weighted by Crippen LogP contribution is 2.35. The summed E-state index contributed by atoms with van der Waals surface area (Å²) in [6, 6.07) is 7.83. The van der Waals surface area contributed by atoms with Crippen LogP contribution in [0.2, 0.25) is 0 Å². The van der Waals surface area contributed by atoms with Gasteiger partial charge in [0.25, 0.3) is 5.91 Å². The number of nitrogens with zero attached hydrogens (tertiary/aromatic N) is 1. The average Bonchev–Trinajstić information content (AvgIpc) is 3.13. The number of methoxy groups -OCH3 is 1. The SMILES string of the molecule is COc1cc(COC(=O)Nc2cccc(OC(F)F)c2)cc2c1CN(C1CCC(=O)NC1=O)C2=O. The molecule has 1 unspecified atom stereocenters. The number of halogens is 2. The fourth-order valence-electron chi connectivity index (χ4n) is 4.00. The Morgan fingerprint density at radius 3 is 2.74 bits per heavy atom. The fraction of sp³-hybridized carbons (Fsp3) is 0.304. The number of piperidine rings is 1. The summed E-state index contributed by atoms with van der Waals surface area (Å²) in [5.74, 6) is -1.03. The Bertz CT molecular complexity index is 1190. The quantitative estimate of drug-likeness (QED) is 0.574. The van der Waals surface area contributed by atoms with Crippen molar-refractivity contribution in [2.24, 2.45) is 0 Å². The predicted octanol–water partition coefficient (Wildman–Crippen LogP) is 2.81. The zero-order chi connectivity index (χ0) is 25.1. The molecule has 2 aromatic carbocycles. The van der Waals surface area contributed by atoms with Gasteiger partial charge in [-0.25, -0.2) is 4.79 Å². The number of imide groups is 1. The fourth-order valence-corrected chi connectivity index (χ4v) is 4.00. The van der Waals surface area contributed by atoms with E-state index in [-0.39, 0.29) is 43.3 Å². The van der Waals surface area contributed by atoms with Gasteiger partial charge in [-0.3, -0.25) is 25.0 Å². The van der Waals surface area contributed by atoms with Crippen molar-refractivity contribution in [1.29, 1.82) is 0 Å². The van der Waals surface area contributed by atoms with Gasteiger partial charge in [0.1, 0.15) is 24.1 Å². The number of anilines is 1. The number of hydrogen-bond donors (Lipinski definition) is 2. The van der Waals surface area contributed by atoms with E-state index in [0.717, 1.165) is 0 Å². The maximum atomic E-state index is 13.1. The maximum Gasteiger partial charge on any atom is 0.411 e. The van der Waals surface area contributed by atoms with Gasteiger partial charge >= 0.3 is 12.7 Å². The van der Waals surface area contributed by atoms with E-state index >= 15 is 0 Å². The molecule has 0 saturated carbocycles. The molecule has 2 aromatic rings. The molecule has 1 atom stereocenters. The van der Waals surface area contributed by atoms with Gasteiger partial charge < -0.3 is 19.1 Å². The second kappa shape index (κ2) is 9.95. The predicted molar refractivity (Wildman–Crippen MR) is 116 cm³/mol. The van der Waals surface area contributed by atoms with Gasteiger partial charge in [-0.2, -0.15) is 8.78 Å². The van der Waals surface area contributed by atoms with Crippen LogP contribution in [0.15, 0.2) is 36.4 Å². The van der Waals surface area contributed by atoms with Crippen molar-refractivity contribution in [2.45, 2.75) is 38.6 Å². The van der Waals surface area contributed by atoms with Gasteiger partial charge in [-0.1, -0.05) is 6.07 Å². The van der Waals surface area contributed by atoms with Gasteiger partial charge in [-0.15, -0.1) is 0 Å². The van der Waals surface area contributed by atoms with E-state index in [4.69, 9.17) is 9.47 Å². The summed E-state index contributed by atoms with van der Waals surface area (Å²) < 4.78 is 39.6. The van der Waals surface area contributed by atoms with Gasteiger partial charge in [0.2, 0.25) is 11.8 Å². The van der Waals surface area contributed by atoms with E-state index < -0.39 is 30.6 Å². The van der Waals surface area contributed by atoms with Gasteiger partial charge in [-0.05, 0) is 36.2 Å². The van der Waals surface area contributed by atoms with Crippen LogP contribution in [0.1, 0.15) is 34.3 Å². The third kappa shape index (κ3) is 5.31. The number of hydrogen-bond acceptors (Lipinski definition) is 7. The summed E-state index contributed by atoms with van der Waals surface area (Å²) in [5, 5.41) is 4.66. The summed E-state index contributed by atoms with van der Waals surface area (Å²) >= 11 is 0. The van der Waals surface area contributed by atoms with Crippen LogP contribution in [0, 0.1) is 0 Å². The summed E-state index contributed by atoms with van der Waals surface area (Å²) in [6.07, 6.45) is -0.485. The van der Waals surface area contributed by atoms with Crippen LogP contribution in [-0.2, 0) is 27.5 Å². The first-order valence-corrected chi connectivity index (χ1v) is 10.6. The molecule has 12 heteroatoms. The molecule has 4 rings (SSSR count). The van der Waals surface area contributed by atoms with Crippen molar-refractivity contribution in [2.75, 3.05) is 12.4 Å². The summed E-state index contributed by atoms with van der Waals surface area (Å²) in [4.78, 5) is 50.3. The molecular weight excluding hydrogens is 468 g/mol. The van der Waals surface area contributed by atoms with E-state index in [1.807, 2.05) is 0 Å². The van der Waals surface area contributed by atoms with Crippen LogP contribution < -0.4 is 20.1 Å². The van der Waals surface area contributed by atoms with Crippen molar-refractivity contribution in [1.82, 2.24) is 10.2 Å². The molecule has 4 amide bonds. The van der Waals surface area contributed by atoms with E-state index in [2.05, 4.69) is 15.4 Å². The monoisotopic (exact) mass is 489 g/mol. The zero-order valence-electron chi connectivity index (χ0n) is 18.5. The van der Waals surface area contributed by atoms with Crippen LogP contribution >= 0.6 is 0 Å². The zero-order valence-corrected chi connectivity index (χ0v) is 18.5. The van der Waals surface area contributed by atoms with Crippen LogP contribution in [0.25, 0.3) is 0 Å². The average molecular weight is 489 g/mol. The standard InChI is InChI=1S/C23H21F2N3O7/c1-33-18-8-12(11-34-23(32)26-13-3-2-4-14(9-13)35-22(24)25)7-15-16(18)10-28(21(15)31)17-5-6-19(29)27-20(17)30/h2-4,7-9,17,22H,5-6,10-11H2,1H3,(H,26,32)(H,27,29,30). The number of rotatable bonds is 7. The lowest BCUT2D eigenvalue weighted by Gasteiger charge is -2.29. The summed E-state index contributed by atoms with van der Waals surface area (Å²) in [7, 11) is 1.43. The van der Waals surface area contributed by atoms with Crippen molar-refractivity contribution >= 4 is 29.5 Å². The number of amides is 4. The minimum Gasteiger partial charge on any atom is -0.496 e. The number of carbonyl (C=O) groups excluding carboxylic acids is 4. The molecule has 184 valence electrons. The van der Waals surface area contributed by atoms with Crippen molar-refractivity contribution < 1.29 is 42.2 Å². The summed E-state index contributed by atoms with van der Waals surface area (Å²) in [5.41, 5.74) is 1.55. The Morgan fingerprint density at radius 2 is 2.03 bits per heavy atom. The second-order valence-corrected chi connectivity index (χ2v) is 7.83. The van der Waals surface area contributed by atoms with Crippen LogP contribution in [-0.4, -0.2) is 48.5 Å². The number of nitrogens with one attached hydrogen (secondary N) is 2. The Hall–Kier alpha value is -4.22. The van der Waals surface area contributed by atoms with Crippen molar-refractivity contribution in [3.63, 3.8) is 0 Å². The lowest BCUT2D eigenvalue weighted by Crippen LogP contribution is -2.52. The summed E-state index contributed by atoms with van der Waals surface area (Å²) in [6.45, 7) is -3.07. The molecule has 1 fully saturated rings. The third-order valence-electron chi connectivity index (χ3n) is 5.57. The minimum absolute atomic E-state index is 0.125. The molecule has 0 spiro atoms. The molecule has 35 heavy (non-hydrogen) atoms. The number of benzene rings is 2. The first-order chi connectivity index (χ1) is 16.7. The molecule has 1 saturated heterocycles. The maximum absolute atomic E-state index is 13.1. The minimum atomic E-state index is -3.00. The molecule has 10 nitrogen and oxygen atoms in total. The van der Waals surface area contributed by atoms with Gasteiger partial charge in [0.05, 0.1) is 13.7 Å². The third-order valence-corrected chi connectivity index (χ3v) is 5.57. The Kier molecular flexibility index (Phi) is 6.80. The highest BCUT2D eigenvalue weighted by Gasteiger charge is 2.40. The number of alkyl halides is 2. The van der Waals surface area contributed by atoms with Crippen LogP contribution in [0.4, 0.5) is 19.3 Å². The smallest absolute Gasteiger partial charge is 0.411 e. The molecule has 0 aromatic heterocycles. The normalized spacial score (nSPS) is 17.2. The topological polar surface area (TPSA) is 123 Å². The van der Waals surface area contributed by atoms with Crippen molar-refractivity contribution in [3.05, 3.63) is 53.1 Å². The number of ether oxygens (including phenoxy) is 3. The van der Waals surface area contributed by atoms with Crippen LogP contribution in [0.3, 0.4) is 0 Å². The highest BCUT2D eigenvalue weighted by atomic mass is 19.3. The second-order valence-electron chi connectivity index (χ2n) is 7.83. The molecule has 0 radical (unpaired) electrons. The van der Waals surface area contributed by atoms with Crippen LogP contribution in [0.5, 0.6) is 11.5 Å². The Morgan fingerprint density at radius 1 is 1.23 bits per heavy atom. The first kappa shape index (κ1) is 23.9. The number of fused-ring (bicyclic) bond motifs is 1. The first-order valence-electron chi connectivity index (χ1n) is 10.6. The van der Waals surface area contributed by atoms with E-state index in [1.54, 1.807) is 12.1 Å². The Balaban J connectivity index is 1.43. The largest absolute Gasteiger partial charge is 0.496 e. The lowest BCUT2D eigenvalue weighted by molar-refractivity contribution is -0.136. The molecule has 0 aliphatic carbocycles. The van der Waals surface area contributed by atoms with E-state index in [0.29, 0.717) is 22.4 Å². The molecular formula is C23H21F2N3O7. The Labute approximate surface area is 198 Å². The van der Waals surface area contributed by atoms with E-state index in [9.17, 15) is 28.0 Å². The molecule has 2 N–H and O–H groups in total. The van der Waals surface area contributed by atoms with Crippen molar-refractivity contribution in [3.8, 4) is 11.5 Å². The molecule has 2 heterocycles.